The molecule has 0 fully saturated rings. The smallest absolute Gasteiger partial charge is 0.248 e. The first-order valence-corrected chi connectivity index (χ1v) is 9.82. The average molecular weight is 382 g/mol. The summed E-state index contributed by atoms with van der Waals surface area (Å²) in [5.41, 5.74) is 1.12. The van der Waals surface area contributed by atoms with Crippen LogP contribution in [0.25, 0.3) is 0 Å². The molecule has 0 saturated carbocycles. The van der Waals surface area contributed by atoms with E-state index in [4.69, 9.17) is 0 Å². The largest absolute Gasteiger partial charge is 0.322 e. The van der Waals surface area contributed by atoms with Gasteiger partial charge in [-0.1, -0.05) is 19.1 Å². The molecule has 0 aromatic heterocycles. The lowest BCUT2D eigenvalue weighted by atomic mass is 10.1. The lowest BCUT2D eigenvalue weighted by Crippen LogP contribution is -2.45. The zero-order valence-corrected chi connectivity index (χ0v) is 15.5. The molecule has 2 aromatic rings. The zero-order valence-electron chi connectivity index (χ0n) is 14.7. The van der Waals surface area contributed by atoms with Crippen LogP contribution < -0.4 is 9.62 Å². The quantitative estimate of drug-likeness (QED) is 0.833. The van der Waals surface area contributed by atoms with E-state index in [0.29, 0.717) is 11.8 Å². The van der Waals surface area contributed by atoms with Gasteiger partial charge in [-0.2, -0.15) is 0 Å². The molecule has 0 aliphatic carbocycles. The van der Waals surface area contributed by atoms with Gasteiger partial charge < -0.3 is 5.32 Å². The number of benzene rings is 2. The molecule has 0 aliphatic heterocycles. The average Bonchev–Trinajstić information content (AvgIpc) is 2.56. The third kappa shape index (κ3) is 4.57. The van der Waals surface area contributed by atoms with Crippen LogP contribution in [-0.2, 0) is 21.2 Å². The van der Waals surface area contributed by atoms with Gasteiger partial charge in [0, 0.05) is 6.07 Å². The SMILES string of the molecule is CCc1ccc(N(C(C)C(=O)Nc2ccc(F)cc2F)S(C)(=O)=O)cc1. The zero-order chi connectivity index (χ0) is 19.5. The van der Waals surface area contributed by atoms with E-state index in [1.165, 1.54) is 6.92 Å². The molecular formula is C18H20F2N2O3S. The van der Waals surface area contributed by atoms with Crippen LogP contribution >= 0.6 is 0 Å². The number of amides is 1. The maximum Gasteiger partial charge on any atom is 0.248 e. The van der Waals surface area contributed by atoms with Crippen LogP contribution in [0.5, 0.6) is 0 Å². The summed E-state index contributed by atoms with van der Waals surface area (Å²) in [5.74, 6) is -2.45. The summed E-state index contributed by atoms with van der Waals surface area (Å²) in [4.78, 5) is 12.5. The van der Waals surface area contributed by atoms with Crippen molar-refractivity contribution in [3.05, 3.63) is 59.7 Å². The van der Waals surface area contributed by atoms with Crippen molar-refractivity contribution < 1.29 is 22.0 Å². The molecular weight excluding hydrogens is 362 g/mol. The van der Waals surface area contributed by atoms with Crippen molar-refractivity contribution in [2.45, 2.75) is 26.3 Å². The number of carbonyl (C=O) groups is 1. The standard InChI is InChI=1S/C18H20F2N2O3S/c1-4-13-5-8-15(9-6-13)22(26(3,24)25)12(2)18(23)21-17-10-7-14(19)11-16(17)20/h5-12H,4H2,1-3H3,(H,21,23). The Balaban J connectivity index is 2.30. The number of carbonyl (C=O) groups excluding carboxylic acids is 1. The van der Waals surface area contributed by atoms with Crippen molar-refractivity contribution in [2.24, 2.45) is 0 Å². The Kier molecular flexibility index (Phi) is 5.97. The van der Waals surface area contributed by atoms with Gasteiger partial charge in [0.25, 0.3) is 0 Å². The second-order valence-corrected chi connectivity index (χ2v) is 7.73. The number of nitrogens with zero attached hydrogens (tertiary/aromatic N) is 1. The molecule has 0 spiro atoms. The number of nitrogens with one attached hydrogen (secondary N) is 1. The molecule has 8 heteroatoms. The van der Waals surface area contributed by atoms with Gasteiger partial charge in [0.05, 0.1) is 17.6 Å². The van der Waals surface area contributed by atoms with Crippen LogP contribution in [0.2, 0.25) is 0 Å². The minimum absolute atomic E-state index is 0.224. The third-order valence-electron chi connectivity index (χ3n) is 3.88. The van der Waals surface area contributed by atoms with Gasteiger partial charge >= 0.3 is 0 Å². The molecule has 0 saturated heterocycles. The van der Waals surface area contributed by atoms with Crippen LogP contribution in [0.3, 0.4) is 0 Å². The van der Waals surface area contributed by atoms with Crippen molar-refractivity contribution in [3.8, 4) is 0 Å². The Morgan fingerprint density at radius 1 is 1.15 bits per heavy atom. The second kappa shape index (κ2) is 7.82. The number of halogens is 2. The fourth-order valence-electron chi connectivity index (χ4n) is 2.52. The number of aryl methyl sites for hydroxylation is 1. The fraction of sp³-hybridized carbons (Fsp3) is 0.278. The molecule has 0 radical (unpaired) electrons. The van der Waals surface area contributed by atoms with Crippen molar-refractivity contribution in [1.29, 1.82) is 0 Å². The lowest BCUT2D eigenvalue weighted by molar-refractivity contribution is -0.116. The van der Waals surface area contributed by atoms with E-state index in [2.05, 4.69) is 5.32 Å². The summed E-state index contributed by atoms with van der Waals surface area (Å²) in [7, 11) is -3.77. The number of anilines is 2. The van der Waals surface area contributed by atoms with Gasteiger partial charge in [0.2, 0.25) is 15.9 Å². The molecule has 5 nitrogen and oxygen atoms in total. The summed E-state index contributed by atoms with van der Waals surface area (Å²) in [5, 5.41) is 2.30. The van der Waals surface area contributed by atoms with Gasteiger partial charge in [0.15, 0.2) is 0 Å². The highest BCUT2D eigenvalue weighted by molar-refractivity contribution is 7.92. The van der Waals surface area contributed by atoms with Crippen LogP contribution in [0.1, 0.15) is 19.4 Å². The van der Waals surface area contributed by atoms with Crippen molar-refractivity contribution in [2.75, 3.05) is 15.9 Å². The number of hydrogen-bond donors (Lipinski definition) is 1. The highest BCUT2D eigenvalue weighted by atomic mass is 32.2. The number of hydrogen-bond acceptors (Lipinski definition) is 3. The summed E-state index contributed by atoms with van der Waals surface area (Å²) < 4.78 is 52.1. The van der Waals surface area contributed by atoms with E-state index in [9.17, 15) is 22.0 Å². The molecule has 1 amide bonds. The molecule has 1 N–H and O–H groups in total. The molecule has 0 heterocycles. The van der Waals surface area contributed by atoms with Crippen molar-refractivity contribution in [1.82, 2.24) is 0 Å². The predicted molar refractivity (Wildman–Crippen MR) is 97.6 cm³/mol. The molecule has 1 unspecified atom stereocenters. The summed E-state index contributed by atoms with van der Waals surface area (Å²) in [6.07, 6.45) is 1.78. The minimum atomic E-state index is -3.77. The van der Waals surface area contributed by atoms with E-state index < -0.39 is 33.6 Å². The van der Waals surface area contributed by atoms with Gasteiger partial charge in [-0.25, -0.2) is 17.2 Å². The highest BCUT2D eigenvalue weighted by Gasteiger charge is 2.29. The van der Waals surface area contributed by atoms with E-state index in [1.807, 2.05) is 6.92 Å². The Hall–Kier alpha value is -2.48. The topological polar surface area (TPSA) is 66.5 Å². The predicted octanol–water partition coefficient (Wildman–Crippen LogP) is 3.32. The summed E-state index contributed by atoms with van der Waals surface area (Å²) >= 11 is 0. The highest BCUT2D eigenvalue weighted by Crippen LogP contribution is 2.23. The van der Waals surface area contributed by atoms with Gasteiger partial charge in [-0.05, 0) is 43.2 Å². The number of rotatable bonds is 6. The summed E-state index contributed by atoms with van der Waals surface area (Å²) in [6, 6.07) is 8.36. The van der Waals surface area contributed by atoms with E-state index in [1.54, 1.807) is 24.3 Å². The molecule has 0 aliphatic rings. The molecule has 1 atom stereocenters. The Morgan fingerprint density at radius 2 is 1.77 bits per heavy atom. The number of sulfonamides is 1. The second-order valence-electron chi connectivity index (χ2n) is 5.87. The van der Waals surface area contributed by atoms with Crippen LogP contribution in [-0.4, -0.2) is 26.6 Å². The maximum atomic E-state index is 13.7. The van der Waals surface area contributed by atoms with E-state index >= 15 is 0 Å². The molecule has 0 bridgehead atoms. The van der Waals surface area contributed by atoms with Gasteiger partial charge in [0.1, 0.15) is 17.7 Å². The third-order valence-corrected chi connectivity index (χ3v) is 5.12. The first kappa shape index (κ1) is 19.8. The normalized spacial score (nSPS) is 12.5. The molecule has 26 heavy (non-hydrogen) atoms. The van der Waals surface area contributed by atoms with Crippen LogP contribution in [0, 0.1) is 11.6 Å². The van der Waals surface area contributed by atoms with Crippen LogP contribution in [0.4, 0.5) is 20.2 Å². The summed E-state index contributed by atoms with van der Waals surface area (Å²) in [6.45, 7) is 3.36. The fourth-order valence-corrected chi connectivity index (χ4v) is 3.69. The van der Waals surface area contributed by atoms with Crippen molar-refractivity contribution >= 4 is 27.3 Å². The first-order valence-electron chi connectivity index (χ1n) is 7.97. The molecule has 2 rings (SSSR count). The maximum absolute atomic E-state index is 13.7. The Labute approximate surface area is 151 Å². The monoisotopic (exact) mass is 382 g/mol. The molecule has 2 aromatic carbocycles. The van der Waals surface area contributed by atoms with Gasteiger partial charge in [-0.3, -0.25) is 9.10 Å². The first-order chi connectivity index (χ1) is 12.1. The Morgan fingerprint density at radius 3 is 2.27 bits per heavy atom. The lowest BCUT2D eigenvalue weighted by Gasteiger charge is -2.28. The minimum Gasteiger partial charge on any atom is -0.322 e. The van der Waals surface area contributed by atoms with E-state index in [0.717, 1.165) is 34.7 Å². The van der Waals surface area contributed by atoms with Crippen LogP contribution in [0.15, 0.2) is 42.5 Å². The Bertz CT molecular complexity index is 899. The molecule has 140 valence electrons. The van der Waals surface area contributed by atoms with Gasteiger partial charge in [-0.15, -0.1) is 0 Å². The van der Waals surface area contributed by atoms with Crippen molar-refractivity contribution in [3.63, 3.8) is 0 Å². The van der Waals surface area contributed by atoms with E-state index in [-0.39, 0.29) is 5.69 Å².